The molecule has 0 aliphatic heterocycles. The van der Waals surface area contributed by atoms with Crippen LogP contribution < -0.4 is 5.32 Å². The van der Waals surface area contributed by atoms with E-state index in [0.29, 0.717) is 25.1 Å². The van der Waals surface area contributed by atoms with Gasteiger partial charge in [-0.2, -0.15) is 12.6 Å². The van der Waals surface area contributed by atoms with E-state index in [9.17, 15) is 9.59 Å². The van der Waals surface area contributed by atoms with E-state index in [1.165, 1.54) is 4.90 Å². The van der Waals surface area contributed by atoms with Crippen molar-refractivity contribution in [3.05, 3.63) is 0 Å². The van der Waals surface area contributed by atoms with Crippen LogP contribution in [-0.4, -0.2) is 43.1 Å². The molecule has 0 saturated carbocycles. The number of nitrogens with zero attached hydrogens (tertiary/aromatic N) is 1. The van der Waals surface area contributed by atoms with Gasteiger partial charge in [0.25, 0.3) is 0 Å². The van der Waals surface area contributed by atoms with Crippen LogP contribution >= 0.6 is 12.6 Å². The molecule has 0 spiro atoms. The first kappa shape index (κ1) is 12.3. The highest BCUT2D eigenvalue weighted by atomic mass is 32.1. The zero-order chi connectivity index (χ0) is 10.3. The number of thiol groups is 1. The zero-order valence-electron chi connectivity index (χ0n) is 8.04. The summed E-state index contributed by atoms with van der Waals surface area (Å²) in [6.45, 7) is 0.406. The molecule has 0 atom stereocenters. The Morgan fingerprint density at radius 3 is 2.38 bits per heavy atom. The Morgan fingerprint density at radius 2 is 1.92 bits per heavy atom. The van der Waals surface area contributed by atoms with Gasteiger partial charge >= 0.3 is 0 Å². The van der Waals surface area contributed by atoms with Gasteiger partial charge in [-0.15, -0.1) is 0 Å². The first-order valence-electron chi connectivity index (χ1n) is 4.15. The van der Waals surface area contributed by atoms with Crippen LogP contribution in [0.4, 0.5) is 0 Å². The molecule has 0 aliphatic rings. The highest BCUT2D eigenvalue weighted by Gasteiger charge is 2.04. The lowest BCUT2D eigenvalue weighted by atomic mass is 10.3. The van der Waals surface area contributed by atoms with E-state index in [0.717, 1.165) is 0 Å². The number of hydrogen-bond donors (Lipinski definition) is 2. The largest absolute Gasteiger partial charge is 0.356 e. The van der Waals surface area contributed by atoms with Crippen LogP contribution in [0.5, 0.6) is 0 Å². The summed E-state index contributed by atoms with van der Waals surface area (Å²) in [6, 6.07) is 0. The predicted octanol–water partition coefficient (Wildman–Crippen LogP) is -0.0992. The van der Waals surface area contributed by atoms with E-state index in [-0.39, 0.29) is 11.8 Å². The third-order valence-corrected chi connectivity index (χ3v) is 1.72. The molecule has 0 heterocycles. The number of amides is 2. The lowest BCUT2D eigenvalue weighted by molar-refractivity contribution is -0.128. The number of nitrogens with one attached hydrogen (secondary N) is 1. The molecule has 76 valence electrons. The van der Waals surface area contributed by atoms with Gasteiger partial charge in [-0.3, -0.25) is 9.59 Å². The van der Waals surface area contributed by atoms with Crippen molar-refractivity contribution >= 4 is 24.4 Å². The van der Waals surface area contributed by atoms with Crippen LogP contribution in [0.1, 0.15) is 12.8 Å². The predicted molar refractivity (Wildman–Crippen MR) is 54.8 cm³/mol. The fraction of sp³-hybridized carbons (Fsp3) is 0.750. The fourth-order valence-corrected chi connectivity index (χ4v) is 0.925. The molecule has 0 rings (SSSR count). The van der Waals surface area contributed by atoms with Crippen molar-refractivity contribution < 1.29 is 9.59 Å². The normalized spacial score (nSPS) is 9.46. The topological polar surface area (TPSA) is 49.4 Å². The van der Waals surface area contributed by atoms with Crippen LogP contribution in [-0.2, 0) is 9.59 Å². The Balaban J connectivity index is 3.45. The quantitative estimate of drug-likeness (QED) is 0.614. The van der Waals surface area contributed by atoms with Crippen molar-refractivity contribution in [1.82, 2.24) is 10.2 Å². The summed E-state index contributed by atoms with van der Waals surface area (Å²) < 4.78 is 0. The molecule has 0 bridgehead atoms. The maximum Gasteiger partial charge on any atom is 0.223 e. The lowest BCUT2D eigenvalue weighted by Gasteiger charge is -2.10. The molecule has 5 heteroatoms. The van der Waals surface area contributed by atoms with Crippen LogP contribution in [0, 0.1) is 0 Å². The summed E-state index contributed by atoms with van der Waals surface area (Å²) in [5, 5.41) is 2.63. The Kier molecular flexibility index (Phi) is 6.40. The Hall–Kier alpha value is -0.710. The van der Waals surface area contributed by atoms with Crippen molar-refractivity contribution in [3.8, 4) is 0 Å². The summed E-state index contributed by atoms with van der Waals surface area (Å²) in [6.07, 6.45) is 0.755. The number of hydrogen-bond acceptors (Lipinski definition) is 3. The highest BCUT2D eigenvalue weighted by molar-refractivity contribution is 7.80. The molecule has 0 radical (unpaired) electrons. The molecule has 0 fully saturated rings. The summed E-state index contributed by atoms with van der Waals surface area (Å²) in [4.78, 5) is 23.5. The van der Waals surface area contributed by atoms with E-state index < -0.39 is 0 Å². The first-order valence-corrected chi connectivity index (χ1v) is 4.79. The molecular formula is C8H16N2O2S. The Morgan fingerprint density at radius 1 is 1.31 bits per heavy atom. The molecule has 0 unspecified atom stereocenters. The summed E-state index contributed by atoms with van der Waals surface area (Å²) in [5.41, 5.74) is 0. The second kappa shape index (κ2) is 6.77. The third kappa shape index (κ3) is 6.45. The average Bonchev–Trinajstić information content (AvgIpc) is 2.04. The van der Waals surface area contributed by atoms with Crippen molar-refractivity contribution in [2.75, 3.05) is 26.4 Å². The minimum absolute atomic E-state index is 0.0196. The number of rotatable bonds is 5. The van der Waals surface area contributed by atoms with Gasteiger partial charge in [0.05, 0.1) is 0 Å². The molecule has 2 amide bonds. The van der Waals surface area contributed by atoms with Crippen molar-refractivity contribution in [2.24, 2.45) is 0 Å². The standard InChI is InChI=1S/C8H16N2O2S/c1-10(2)8(12)3-5-9-7(11)4-6-13/h13H,3-6H2,1-2H3,(H,9,11). The van der Waals surface area contributed by atoms with E-state index in [1.807, 2.05) is 0 Å². The maximum absolute atomic E-state index is 11.0. The molecular weight excluding hydrogens is 188 g/mol. The van der Waals surface area contributed by atoms with E-state index in [1.54, 1.807) is 14.1 Å². The SMILES string of the molecule is CN(C)C(=O)CCNC(=O)CCS. The molecule has 1 N–H and O–H groups in total. The monoisotopic (exact) mass is 204 g/mol. The van der Waals surface area contributed by atoms with Crippen molar-refractivity contribution in [2.45, 2.75) is 12.8 Å². The van der Waals surface area contributed by atoms with Crippen LogP contribution in [0.2, 0.25) is 0 Å². The fourth-order valence-electron chi connectivity index (χ4n) is 0.722. The number of carbonyl (C=O) groups is 2. The van der Waals surface area contributed by atoms with Crippen LogP contribution in [0.15, 0.2) is 0 Å². The van der Waals surface area contributed by atoms with Gasteiger partial charge in [-0.25, -0.2) is 0 Å². The van der Waals surface area contributed by atoms with Crippen molar-refractivity contribution in [3.63, 3.8) is 0 Å². The summed E-state index contributed by atoms with van der Waals surface area (Å²) >= 11 is 3.92. The minimum Gasteiger partial charge on any atom is -0.356 e. The smallest absolute Gasteiger partial charge is 0.223 e. The van der Waals surface area contributed by atoms with Gasteiger partial charge in [-0.05, 0) is 5.75 Å². The van der Waals surface area contributed by atoms with Gasteiger partial charge in [0.2, 0.25) is 11.8 Å². The highest BCUT2D eigenvalue weighted by Crippen LogP contribution is 1.87. The average molecular weight is 204 g/mol. The van der Waals surface area contributed by atoms with Crippen LogP contribution in [0.25, 0.3) is 0 Å². The molecule has 4 nitrogen and oxygen atoms in total. The molecule has 13 heavy (non-hydrogen) atoms. The summed E-state index contributed by atoms with van der Waals surface area (Å²) in [7, 11) is 3.38. The Labute approximate surface area is 84.1 Å². The first-order chi connectivity index (χ1) is 6.07. The molecule has 0 aromatic carbocycles. The molecule has 0 aliphatic carbocycles. The van der Waals surface area contributed by atoms with Gasteiger partial charge in [0, 0.05) is 33.5 Å². The minimum atomic E-state index is -0.0541. The second-order valence-corrected chi connectivity index (χ2v) is 3.31. The number of carbonyl (C=O) groups excluding carboxylic acids is 2. The van der Waals surface area contributed by atoms with Crippen LogP contribution in [0.3, 0.4) is 0 Å². The van der Waals surface area contributed by atoms with Crippen molar-refractivity contribution in [1.29, 1.82) is 0 Å². The van der Waals surface area contributed by atoms with Gasteiger partial charge in [-0.1, -0.05) is 0 Å². The van der Waals surface area contributed by atoms with E-state index in [4.69, 9.17) is 0 Å². The second-order valence-electron chi connectivity index (χ2n) is 2.86. The summed E-state index contributed by atoms with van der Waals surface area (Å²) in [5.74, 6) is 0.501. The van der Waals surface area contributed by atoms with Gasteiger partial charge < -0.3 is 10.2 Å². The van der Waals surface area contributed by atoms with Gasteiger partial charge in [0.15, 0.2) is 0 Å². The zero-order valence-corrected chi connectivity index (χ0v) is 8.93. The van der Waals surface area contributed by atoms with E-state index in [2.05, 4.69) is 17.9 Å². The molecule has 0 saturated heterocycles. The molecule has 0 aromatic rings. The Bertz CT molecular complexity index is 183. The molecule has 0 aromatic heterocycles. The lowest BCUT2D eigenvalue weighted by Crippen LogP contribution is -2.30. The van der Waals surface area contributed by atoms with E-state index >= 15 is 0 Å². The maximum atomic E-state index is 11.0. The van der Waals surface area contributed by atoms with Gasteiger partial charge in [0.1, 0.15) is 0 Å². The third-order valence-electron chi connectivity index (χ3n) is 1.50.